The second-order valence-electron chi connectivity index (χ2n) is 15.7. The Hall–Kier alpha value is -0.603. The van der Waals surface area contributed by atoms with Crippen LogP contribution in [0.4, 0.5) is 0 Å². The predicted octanol–water partition coefficient (Wildman–Crippen LogP) is 10.4. The molecule has 4 rings (SSSR count). The van der Waals surface area contributed by atoms with Crippen LogP contribution in [0.15, 0.2) is 35.5 Å². The molecule has 204 valence electrons. The molecule has 8 atom stereocenters. The van der Waals surface area contributed by atoms with E-state index in [0.29, 0.717) is 28.8 Å². The molecule has 0 aromatic heterocycles. The van der Waals surface area contributed by atoms with Crippen LogP contribution in [0.5, 0.6) is 0 Å². The van der Waals surface area contributed by atoms with E-state index < -0.39 is 8.32 Å². The molecule has 0 radical (unpaired) electrons. The van der Waals surface area contributed by atoms with Crippen LogP contribution in [0, 0.1) is 46.3 Å². The van der Waals surface area contributed by atoms with Gasteiger partial charge in [0, 0.05) is 6.10 Å². The molecule has 0 amide bonds. The first kappa shape index (κ1) is 28.4. The van der Waals surface area contributed by atoms with Crippen LogP contribution in [-0.4, -0.2) is 14.4 Å². The Labute approximate surface area is 225 Å². The van der Waals surface area contributed by atoms with E-state index in [4.69, 9.17) is 4.43 Å². The SMILES string of the molecule is CC(C)[C@@H](C)C=C[C@@H](C)[C@H]1CC[C@H]2C3=CC=C4CC(O[Si](C)(C)C(C)(C)C)CC[C@]4(C)[C@H]3CC[C@]12C. The lowest BCUT2D eigenvalue weighted by Gasteiger charge is -2.55. The van der Waals surface area contributed by atoms with Crippen molar-refractivity contribution in [1.82, 2.24) is 0 Å². The molecular weight excluding hydrogens is 452 g/mol. The van der Waals surface area contributed by atoms with E-state index in [9.17, 15) is 0 Å². The van der Waals surface area contributed by atoms with Gasteiger partial charge < -0.3 is 4.43 Å². The lowest BCUT2D eigenvalue weighted by molar-refractivity contribution is 0.0405. The van der Waals surface area contributed by atoms with Gasteiger partial charge in [0.2, 0.25) is 0 Å². The zero-order valence-corrected chi connectivity index (χ0v) is 26.7. The molecule has 0 N–H and O–H groups in total. The average Bonchev–Trinajstić information content (AvgIpc) is 3.13. The van der Waals surface area contributed by atoms with Crippen LogP contribution < -0.4 is 0 Å². The molecule has 0 bridgehead atoms. The second-order valence-corrected chi connectivity index (χ2v) is 20.5. The van der Waals surface area contributed by atoms with E-state index in [1.165, 1.54) is 38.5 Å². The Balaban J connectivity index is 1.52. The summed E-state index contributed by atoms with van der Waals surface area (Å²) in [6.07, 6.45) is 20.0. The summed E-state index contributed by atoms with van der Waals surface area (Å²) >= 11 is 0. The molecule has 0 spiro atoms. The highest BCUT2D eigenvalue weighted by Gasteiger charge is 2.57. The quantitative estimate of drug-likeness (QED) is 0.255. The van der Waals surface area contributed by atoms with Gasteiger partial charge in [0.15, 0.2) is 8.32 Å². The fourth-order valence-electron chi connectivity index (χ4n) is 8.27. The first-order valence-corrected chi connectivity index (χ1v) is 18.3. The number of rotatable bonds is 6. The Bertz CT molecular complexity index is 901. The maximum absolute atomic E-state index is 6.92. The van der Waals surface area contributed by atoms with Gasteiger partial charge in [-0.25, -0.2) is 0 Å². The van der Waals surface area contributed by atoms with Gasteiger partial charge in [-0.15, -0.1) is 0 Å². The van der Waals surface area contributed by atoms with Gasteiger partial charge >= 0.3 is 0 Å². The number of hydrogen-bond donors (Lipinski definition) is 0. The van der Waals surface area contributed by atoms with Crippen molar-refractivity contribution in [3.05, 3.63) is 35.5 Å². The molecule has 3 saturated carbocycles. The minimum absolute atomic E-state index is 0.285. The monoisotopic (exact) mass is 510 g/mol. The molecule has 4 aliphatic carbocycles. The summed E-state index contributed by atoms with van der Waals surface area (Å²) in [6, 6.07) is 0. The summed E-state index contributed by atoms with van der Waals surface area (Å²) < 4.78 is 6.92. The molecule has 4 aliphatic rings. The lowest BCUT2D eigenvalue weighted by Crippen LogP contribution is -2.49. The fraction of sp³-hybridized carbons (Fsp3) is 0.824. The van der Waals surface area contributed by atoms with Gasteiger partial charge in [-0.3, -0.25) is 0 Å². The Morgan fingerprint density at radius 1 is 0.917 bits per heavy atom. The summed E-state index contributed by atoms with van der Waals surface area (Å²) in [4.78, 5) is 0. The Morgan fingerprint density at radius 2 is 1.61 bits per heavy atom. The third kappa shape index (κ3) is 4.92. The summed E-state index contributed by atoms with van der Waals surface area (Å²) in [7, 11) is -1.72. The van der Waals surface area contributed by atoms with Gasteiger partial charge in [0.1, 0.15) is 0 Å². The molecule has 0 aromatic carbocycles. The van der Waals surface area contributed by atoms with Gasteiger partial charge in [-0.1, -0.05) is 97.8 Å². The number of fused-ring (bicyclic) bond motifs is 5. The van der Waals surface area contributed by atoms with Crippen molar-refractivity contribution < 1.29 is 4.43 Å². The molecule has 0 aromatic rings. The van der Waals surface area contributed by atoms with Crippen LogP contribution in [0.2, 0.25) is 18.1 Å². The van der Waals surface area contributed by atoms with Gasteiger partial charge in [0.05, 0.1) is 0 Å². The van der Waals surface area contributed by atoms with Gasteiger partial charge in [0.25, 0.3) is 0 Å². The fourth-order valence-corrected chi connectivity index (χ4v) is 9.66. The summed E-state index contributed by atoms with van der Waals surface area (Å²) in [5, 5.41) is 0.285. The highest BCUT2D eigenvalue weighted by molar-refractivity contribution is 6.74. The standard InChI is InChI=1S/C34H58OSi/c1-23(2)24(3)12-13-25(4)29-16-17-30-28-15-14-26-22-27(35-36(10,11)32(5,6)7)18-20-33(26,8)31(28)19-21-34(29,30)9/h12-15,23-25,27,29-31H,16-22H2,1-11H3/t24-,25+,27?,29+,30-,31-,33-,34+/m0/s1. The van der Waals surface area contributed by atoms with Crippen molar-refractivity contribution in [2.24, 2.45) is 46.3 Å². The molecule has 0 saturated heterocycles. The average molecular weight is 511 g/mol. The van der Waals surface area contributed by atoms with Crippen molar-refractivity contribution in [2.45, 2.75) is 131 Å². The third-order valence-corrected chi connectivity index (χ3v) is 16.8. The summed E-state index contributed by atoms with van der Waals surface area (Å²) in [6.45, 7) is 26.8. The van der Waals surface area contributed by atoms with Crippen LogP contribution in [0.1, 0.15) is 107 Å². The van der Waals surface area contributed by atoms with E-state index >= 15 is 0 Å². The van der Waals surface area contributed by atoms with Crippen molar-refractivity contribution in [3.63, 3.8) is 0 Å². The van der Waals surface area contributed by atoms with E-state index in [1.807, 2.05) is 5.57 Å². The molecular formula is C34H58OSi. The largest absolute Gasteiger partial charge is 0.414 e. The van der Waals surface area contributed by atoms with E-state index in [-0.39, 0.29) is 5.04 Å². The first-order valence-electron chi connectivity index (χ1n) is 15.4. The zero-order valence-electron chi connectivity index (χ0n) is 25.7. The maximum atomic E-state index is 6.92. The topological polar surface area (TPSA) is 9.23 Å². The van der Waals surface area contributed by atoms with Crippen molar-refractivity contribution in [1.29, 1.82) is 0 Å². The minimum Gasteiger partial charge on any atom is -0.414 e. The molecule has 3 fully saturated rings. The van der Waals surface area contributed by atoms with Gasteiger partial charge in [-0.2, -0.15) is 0 Å². The molecule has 0 aliphatic heterocycles. The van der Waals surface area contributed by atoms with Crippen molar-refractivity contribution >= 4 is 8.32 Å². The van der Waals surface area contributed by atoms with Crippen molar-refractivity contribution in [2.75, 3.05) is 0 Å². The molecule has 2 heteroatoms. The smallest absolute Gasteiger partial charge is 0.192 e. The zero-order chi connectivity index (χ0) is 26.7. The van der Waals surface area contributed by atoms with E-state index in [0.717, 1.165) is 30.1 Å². The van der Waals surface area contributed by atoms with E-state index in [1.54, 1.807) is 5.57 Å². The van der Waals surface area contributed by atoms with Crippen LogP contribution >= 0.6 is 0 Å². The van der Waals surface area contributed by atoms with Crippen molar-refractivity contribution in [3.8, 4) is 0 Å². The van der Waals surface area contributed by atoms with E-state index in [2.05, 4.69) is 99.7 Å². The molecule has 36 heavy (non-hydrogen) atoms. The third-order valence-electron chi connectivity index (χ3n) is 12.3. The second kappa shape index (κ2) is 9.85. The lowest BCUT2D eigenvalue weighted by atomic mass is 9.50. The number of allylic oxidation sites excluding steroid dienone is 5. The Morgan fingerprint density at radius 3 is 2.25 bits per heavy atom. The Kier molecular flexibility index (Phi) is 7.78. The maximum Gasteiger partial charge on any atom is 0.192 e. The van der Waals surface area contributed by atoms with Crippen LogP contribution in [-0.2, 0) is 4.43 Å². The summed E-state index contributed by atoms with van der Waals surface area (Å²) in [5.41, 5.74) is 4.35. The van der Waals surface area contributed by atoms with Crippen LogP contribution in [0.3, 0.4) is 0 Å². The normalized spacial score (nSPS) is 38.8. The highest BCUT2D eigenvalue weighted by atomic mass is 28.4. The van der Waals surface area contributed by atoms with Crippen LogP contribution in [0.25, 0.3) is 0 Å². The summed E-state index contributed by atoms with van der Waals surface area (Å²) in [5.74, 6) is 4.46. The predicted molar refractivity (Wildman–Crippen MR) is 160 cm³/mol. The molecule has 1 unspecified atom stereocenters. The molecule has 0 heterocycles. The van der Waals surface area contributed by atoms with Gasteiger partial charge in [-0.05, 0) is 109 Å². The highest BCUT2D eigenvalue weighted by Crippen LogP contribution is 2.66. The molecule has 1 nitrogen and oxygen atoms in total. The first-order chi connectivity index (χ1) is 16.6. The minimum atomic E-state index is -1.72. The number of hydrogen-bond acceptors (Lipinski definition) is 1.